The maximum Gasteiger partial charge on any atom is 0.330 e. The number of esters is 1. The number of aromatic amines is 1. The lowest BCUT2D eigenvalue weighted by atomic mass is 9.85. The largest absolute Gasteiger partial charge is 0.465 e. The van der Waals surface area contributed by atoms with E-state index >= 15 is 0 Å². The van der Waals surface area contributed by atoms with Gasteiger partial charge in [0.1, 0.15) is 11.9 Å². The number of H-pyrrole nitrogens is 1. The number of aryl methyl sites for hydroxylation is 2. The van der Waals surface area contributed by atoms with Crippen LogP contribution in [0.2, 0.25) is 0 Å². The second-order valence-corrected chi connectivity index (χ2v) is 5.16. The van der Waals surface area contributed by atoms with Crippen LogP contribution in [0.4, 0.5) is 0 Å². The zero-order chi connectivity index (χ0) is 16.8. The molecule has 3 unspecified atom stereocenters. The molecule has 8 heteroatoms. The molecule has 0 saturated heterocycles. The molecule has 1 aromatic heterocycles. The van der Waals surface area contributed by atoms with Crippen LogP contribution in [0.3, 0.4) is 0 Å². The van der Waals surface area contributed by atoms with Crippen molar-refractivity contribution in [1.82, 2.24) is 9.97 Å². The summed E-state index contributed by atoms with van der Waals surface area (Å²) in [5.41, 5.74) is 4.75. The number of imidazole rings is 1. The molecule has 0 fully saturated rings. The number of nitrogens with one attached hydrogen (secondary N) is 1. The van der Waals surface area contributed by atoms with Crippen molar-refractivity contribution in [1.29, 1.82) is 5.26 Å². The van der Waals surface area contributed by atoms with E-state index in [0.29, 0.717) is 12.2 Å². The van der Waals surface area contributed by atoms with Crippen molar-refractivity contribution in [3.63, 3.8) is 0 Å². The third-order valence-corrected chi connectivity index (χ3v) is 3.35. The van der Waals surface area contributed by atoms with Crippen LogP contribution in [-0.2, 0) is 16.0 Å². The minimum atomic E-state index is -1.96. The van der Waals surface area contributed by atoms with Crippen LogP contribution < -0.4 is 5.73 Å². The third kappa shape index (κ3) is 4.27. The van der Waals surface area contributed by atoms with E-state index in [2.05, 4.69) is 9.97 Å². The SMILES string of the molecule is CCOC(=O)C(N)(CC#N)C(O)C(O)CCc1ncc(C)[nH]1. The van der Waals surface area contributed by atoms with Gasteiger partial charge in [-0.05, 0) is 20.3 Å². The third-order valence-electron chi connectivity index (χ3n) is 3.35. The molecule has 1 heterocycles. The summed E-state index contributed by atoms with van der Waals surface area (Å²) in [5.74, 6) is -0.250. The van der Waals surface area contributed by atoms with Gasteiger partial charge in [0.15, 0.2) is 5.54 Å². The fraction of sp³-hybridized carbons (Fsp3) is 0.643. The highest BCUT2D eigenvalue weighted by molar-refractivity contribution is 5.82. The number of nitriles is 1. The van der Waals surface area contributed by atoms with Gasteiger partial charge in [0, 0.05) is 18.3 Å². The number of hydrogen-bond donors (Lipinski definition) is 4. The van der Waals surface area contributed by atoms with Crippen molar-refractivity contribution < 1.29 is 19.7 Å². The van der Waals surface area contributed by atoms with Gasteiger partial charge in [0.2, 0.25) is 0 Å². The Kier molecular flexibility index (Phi) is 6.49. The molecule has 0 aliphatic carbocycles. The molecule has 0 aromatic carbocycles. The standard InChI is InChI=1S/C14H22N4O4/c1-3-22-13(21)14(16,6-7-15)12(20)10(19)4-5-11-17-8-9(2)18-11/h8,10,12,19-20H,3-6,16H2,1-2H3,(H,17,18). The van der Waals surface area contributed by atoms with Crippen LogP contribution in [0.15, 0.2) is 6.20 Å². The Morgan fingerprint density at radius 1 is 1.64 bits per heavy atom. The van der Waals surface area contributed by atoms with Crippen LogP contribution in [0.1, 0.15) is 31.3 Å². The van der Waals surface area contributed by atoms with E-state index in [1.165, 1.54) is 0 Å². The number of rotatable bonds is 8. The lowest BCUT2D eigenvalue weighted by molar-refractivity contribution is -0.158. The Labute approximate surface area is 128 Å². The molecular formula is C14H22N4O4. The fourth-order valence-electron chi connectivity index (χ4n) is 2.07. The van der Waals surface area contributed by atoms with E-state index in [-0.39, 0.29) is 13.0 Å². The number of carbonyl (C=O) groups is 1. The number of hydrogen-bond acceptors (Lipinski definition) is 7. The molecule has 5 N–H and O–H groups in total. The lowest BCUT2D eigenvalue weighted by Crippen LogP contribution is -2.61. The lowest BCUT2D eigenvalue weighted by Gasteiger charge is -2.32. The first kappa shape index (κ1) is 18.1. The van der Waals surface area contributed by atoms with E-state index in [9.17, 15) is 15.0 Å². The molecule has 22 heavy (non-hydrogen) atoms. The zero-order valence-corrected chi connectivity index (χ0v) is 12.7. The molecule has 0 aliphatic rings. The number of aromatic nitrogens is 2. The molecule has 122 valence electrons. The van der Waals surface area contributed by atoms with Gasteiger partial charge >= 0.3 is 5.97 Å². The first-order chi connectivity index (χ1) is 10.3. The summed E-state index contributed by atoms with van der Waals surface area (Å²) in [4.78, 5) is 19.0. The molecule has 3 atom stereocenters. The molecule has 0 spiro atoms. The van der Waals surface area contributed by atoms with E-state index in [1.807, 2.05) is 6.92 Å². The molecule has 0 saturated carbocycles. The van der Waals surface area contributed by atoms with Crippen LogP contribution in [0.25, 0.3) is 0 Å². The Bertz CT molecular complexity index is 539. The van der Waals surface area contributed by atoms with Gasteiger partial charge in [0.05, 0.1) is 25.2 Å². The first-order valence-corrected chi connectivity index (χ1v) is 7.04. The number of nitrogens with two attached hydrogens (primary N) is 1. The van der Waals surface area contributed by atoms with E-state index in [1.54, 1.807) is 19.2 Å². The predicted octanol–water partition coefficient (Wildman–Crippen LogP) is -0.453. The van der Waals surface area contributed by atoms with Crippen molar-refractivity contribution in [2.75, 3.05) is 6.61 Å². The van der Waals surface area contributed by atoms with Gasteiger partial charge in [-0.3, -0.25) is 0 Å². The van der Waals surface area contributed by atoms with Gasteiger partial charge in [-0.1, -0.05) is 0 Å². The quantitative estimate of drug-likeness (QED) is 0.475. The van der Waals surface area contributed by atoms with Crippen LogP contribution >= 0.6 is 0 Å². The summed E-state index contributed by atoms with van der Waals surface area (Å²) in [6.07, 6.45) is -1.19. The molecule has 0 radical (unpaired) electrons. The van der Waals surface area contributed by atoms with E-state index < -0.39 is 30.1 Å². The van der Waals surface area contributed by atoms with Crippen molar-refractivity contribution in [2.24, 2.45) is 5.73 Å². The van der Waals surface area contributed by atoms with Crippen LogP contribution in [0, 0.1) is 18.3 Å². The van der Waals surface area contributed by atoms with Crippen molar-refractivity contribution in [3.05, 3.63) is 17.7 Å². The minimum Gasteiger partial charge on any atom is -0.465 e. The zero-order valence-electron chi connectivity index (χ0n) is 12.7. The first-order valence-electron chi connectivity index (χ1n) is 7.04. The molecule has 0 aliphatic heterocycles. The molecule has 1 aromatic rings. The van der Waals surface area contributed by atoms with E-state index in [0.717, 1.165) is 5.69 Å². The van der Waals surface area contributed by atoms with Crippen molar-refractivity contribution in [3.8, 4) is 6.07 Å². The predicted molar refractivity (Wildman–Crippen MR) is 77.4 cm³/mol. The second kappa shape index (κ2) is 7.89. The molecular weight excluding hydrogens is 288 g/mol. The Balaban J connectivity index is 2.73. The highest BCUT2D eigenvalue weighted by Crippen LogP contribution is 2.20. The normalized spacial score (nSPS) is 16.4. The maximum atomic E-state index is 11.9. The minimum absolute atomic E-state index is 0.0672. The smallest absolute Gasteiger partial charge is 0.330 e. The number of nitrogens with zero attached hydrogens (tertiary/aromatic N) is 2. The Morgan fingerprint density at radius 3 is 2.82 bits per heavy atom. The monoisotopic (exact) mass is 310 g/mol. The summed E-state index contributed by atoms with van der Waals surface area (Å²) in [6, 6.07) is 1.75. The highest BCUT2D eigenvalue weighted by atomic mass is 16.5. The van der Waals surface area contributed by atoms with Gasteiger partial charge in [0.25, 0.3) is 0 Å². The number of aliphatic hydroxyl groups is 2. The second-order valence-electron chi connectivity index (χ2n) is 5.16. The maximum absolute atomic E-state index is 11.9. The molecule has 8 nitrogen and oxygen atoms in total. The molecule has 0 amide bonds. The topological polar surface area (TPSA) is 145 Å². The Morgan fingerprint density at radius 2 is 2.32 bits per heavy atom. The number of aliphatic hydroxyl groups excluding tert-OH is 2. The van der Waals surface area contributed by atoms with Crippen molar-refractivity contribution in [2.45, 2.75) is 50.9 Å². The van der Waals surface area contributed by atoms with Crippen molar-refractivity contribution >= 4 is 5.97 Å². The highest BCUT2D eigenvalue weighted by Gasteiger charge is 2.46. The van der Waals surface area contributed by atoms with Gasteiger partial charge in [-0.2, -0.15) is 5.26 Å². The number of ether oxygens (including phenoxy) is 1. The molecule has 0 bridgehead atoms. The summed E-state index contributed by atoms with van der Waals surface area (Å²) in [7, 11) is 0. The fourth-order valence-corrected chi connectivity index (χ4v) is 2.07. The van der Waals surface area contributed by atoms with Gasteiger partial charge in [-0.25, -0.2) is 9.78 Å². The summed E-state index contributed by atoms with van der Waals surface area (Å²) >= 11 is 0. The Hall–Kier alpha value is -1.95. The van der Waals surface area contributed by atoms with E-state index in [4.69, 9.17) is 15.7 Å². The average Bonchev–Trinajstić information content (AvgIpc) is 2.90. The summed E-state index contributed by atoms with van der Waals surface area (Å²) in [5, 5.41) is 29.1. The van der Waals surface area contributed by atoms with Crippen LogP contribution in [-0.4, -0.2) is 50.5 Å². The molecule has 1 rings (SSSR count). The van der Waals surface area contributed by atoms with Gasteiger partial charge < -0.3 is 25.7 Å². The average molecular weight is 310 g/mol. The van der Waals surface area contributed by atoms with Gasteiger partial charge in [-0.15, -0.1) is 0 Å². The van der Waals surface area contributed by atoms with Crippen LogP contribution in [0.5, 0.6) is 0 Å². The summed E-state index contributed by atoms with van der Waals surface area (Å²) < 4.78 is 4.79. The summed E-state index contributed by atoms with van der Waals surface area (Å²) in [6.45, 7) is 3.50. The number of carbonyl (C=O) groups excluding carboxylic acids is 1.